The number of nitrogens with zero attached hydrogens (tertiary/aromatic N) is 3. The lowest BCUT2D eigenvalue weighted by Crippen LogP contribution is -2.48. The molecule has 23 heavy (non-hydrogen) atoms. The molecule has 0 saturated carbocycles. The fraction of sp³-hybridized carbons (Fsp3) is 0.944. The molecule has 0 aromatic rings. The van der Waals surface area contributed by atoms with Crippen molar-refractivity contribution in [1.29, 1.82) is 0 Å². The predicted molar refractivity (Wildman–Crippen MR) is 93.6 cm³/mol. The summed E-state index contributed by atoms with van der Waals surface area (Å²) in [4.78, 5) is 19.4. The molecular weight excluding hydrogens is 290 g/mol. The molecule has 2 rings (SSSR count). The van der Waals surface area contributed by atoms with E-state index in [1.165, 1.54) is 0 Å². The van der Waals surface area contributed by atoms with Gasteiger partial charge in [0.2, 0.25) is 5.91 Å². The van der Waals surface area contributed by atoms with Crippen molar-refractivity contribution in [1.82, 2.24) is 14.7 Å². The molecule has 2 aliphatic heterocycles. The summed E-state index contributed by atoms with van der Waals surface area (Å²) in [6.45, 7) is 9.57. The van der Waals surface area contributed by atoms with Crippen LogP contribution in [0.3, 0.4) is 0 Å². The second-order valence-electron chi connectivity index (χ2n) is 7.33. The Bertz CT molecular complexity index is 348. The van der Waals surface area contributed by atoms with E-state index in [-0.39, 0.29) is 0 Å². The third kappa shape index (κ3) is 6.05. The van der Waals surface area contributed by atoms with Crippen LogP contribution in [0.2, 0.25) is 0 Å². The molecule has 1 amide bonds. The van der Waals surface area contributed by atoms with Crippen LogP contribution in [0.25, 0.3) is 0 Å². The Morgan fingerprint density at radius 1 is 1.13 bits per heavy atom. The predicted octanol–water partition coefficient (Wildman–Crippen LogP) is 1.68. The largest absolute Gasteiger partial charge is 0.385 e. The molecule has 134 valence electrons. The minimum atomic E-state index is 0.358. The Morgan fingerprint density at radius 3 is 2.39 bits per heavy atom. The van der Waals surface area contributed by atoms with Gasteiger partial charge in [0, 0.05) is 65.4 Å². The van der Waals surface area contributed by atoms with Gasteiger partial charge in [-0.2, -0.15) is 0 Å². The van der Waals surface area contributed by atoms with E-state index in [9.17, 15) is 4.79 Å². The minimum absolute atomic E-state index is 0.358. The van der Waals surface area contributed by atoms with E-state index in [1.54, 1.807) is 7.11 Å². The molecule has 0 bridgehead atoms. The van der Waals surface area contributed by atoms with Gasteiger partial charge in [0.05, 0.1) is 0 Å². The van der Waals surface area contributed by atoms with Gasteiger partial charge >= 0.3 is 0 Å². The number of rotatable bonds is 7. The molecule has 5 nitrogen and oxygen atoms in total. The second-order valence-corrected chi connectivity index (χ2v) is 7.33. The maximum absolute atomic E-state index is 12.4. The highest BCUT2D eigenvalue weighted by Gasteiger charge is 2.24. The Morgan fingerprint density at radius 2 is 1.78 bits per heavy atom. The van der Waals surface area contributed by atoms with Gasteiger partial charge in [-0.15, -0.1) is 0 Å². The highest BCUT2D eigenvalue weighted by molar-refractivity contribution is 5.76. The number of piperazine rings is 1. The number of amides is 1. The number of likely N-dealkylation sites (N-methyl/N-ethyl adjacent to an activating group) is 1. The van der Waals surface area contributed by atoms with E-state index < -0.39 is 0 Å². The van der Waals surface area contributed by atoms with Crippen molar-refractivity contribution in [2.75, 3.05) is 60.0 Å². The quantitative estimate of drug-likeness (QED) is 0.713. The first-order chi connectivity index (χ1) is 11.1. The van der Waals surface area contributed by atoms with Crippen molar-refractivity contribution in [2.45, 2.75) is 45.1 Å². The van der Waals surface area contributed by atoms with Crippen LogP contribution in [0.15, 0.2) is 0 Å². The zero-order valence-electron chi connectivity index (χ0n) is 15.3. The van der Waals surface area contributed by atoms with Crippen LogP contribution < -0.4 is 0 Å². The zero-order valence-corrected chi connectivity index (χ0v) is 15.3. The van der Waals surface area contributed by atoms with Crippen molar-refractivity contribution in [3.63, 3.8) is 0 Å². The standard InChI is InChI=1S/C18H35N3O2/c1-16(20-13-11-19(2)12-14-20)4-5-18(22)21-9-6-17(7-10-21)8-15-23-3/h16-17H,4-15H2,1-3H3/t16-/m1/s1. The number of carbonyl (C=O) groups excluding carboxylic acids is 1. The summed E-state index contributed by atoms with van der Waals surface area (Å²) >= 11 is 0. The SMILES string of the molecule is COCCC1CCN(C(=O)CC[C@@H](C)N2CCN(C)CC2)CC1. The fourth-order valence-electron chi connectivity index (χ4n) is 3.69. The summed E-state index contributed by atoms with van der Waals surface area (Å²) in [5.74, 6) is 1.10. The van der Waals surface area contributed by atoms with Gasteiger partial charge in [0.1, 0.15) is 0 Å². The van der Waals surface area contributed by atoms with Crippen LogP contribution in [0.1, 0.15) is 39.0 Å². The number of piperidine rings is 1. The molecule has 1 atom stereocenters. The summed E-state index contributed by atoms with van der Waals surface area (Å²) in [6, 6.07) is 0.520. The molecule has 2 heterocycles. The van der Waals surface area contributed by atoms with Crippen LogP contribution in [0.4, 0.5) is 0 Å². The van der Waals surface area contributed by atoms with Crippen LogP contribution in [0.5, 0.6) is 0 Å². The normalized spacial score (nSPS) is 23.2. The van der Waals surface area contributed by atoms with Crippen LogP contribution >= 0.6 is 0 Å². The van der Waals surface area contributed by atoms with Crippen LogP contribution in [-0.4, -0.2) is 86.7 Å². The van der Waals surface area contributed by atoms with E-state index in [1.807, 2.05) is 0 Å². The summed E-state index contributed by atoms with van der Waals surface area (Å²) in [7, 11) is 3.95. The second kappa shape index (κ2) is 9.60. The molecule has 5 heteroatoms. The van der Waals surface area contributed by atoms with Crippen molar-refractivity contribution in [3.05, 3.63) is 0 Å². The van der Waals surface area contributed by atoms with E-state index in [4.69, 9.17) is 4.74 Å². The number of ether oxygens (including phenoxy) is 1. The average molecular weight is 325 g/mol. The van der Waals surface area contributed by atoms with Gasteiger partial charge < -0.3 is 14.5 Å². The summed E-state index contributed by atoms with van der Waals surface area (Å²) < 4.78 is 5.16. The molecule has 0 radical (unpaired) electrons. The third-order valence-electron chi connectivity index (χ3n) is 5.63. The lowest BCUT2D eigenvalue weighted by molar-refractivity contribution is -0.133. The summed E-state index contributed by atoms with van der Waals surface area (Å²) in [6.07, 6.45) is 5.12. The van der Waals surface area contributed by atoms with Crippen molar-refractivity contribution < 1.29 is 9.53 Å². The Balaban J connectivity index is 1.63. The number of likely N-dealkylation sites (tertiary alicyclic amines) is 1. The maximum atomic E-state index is 12.4. The van der Waals surface area contributed by atoms with E-state index >= 15 is 0 Å². The van der Waals surface area contributed by atoms with Gasteiger partial charge in [-0.25, -0.2) is 0 Å². The van der Waals surface area contributed by atoms with Gasteiger partial charge in [0.15, 0.2) is 0 Å². The first kappa shape index (κ1) is 18.7. The Kier molecular flexibility index (Phi) is 7.80. The highest BCUT2D eigenvalue weighted by atomic mass is 16.5. The van der Waals surface area contributed by atoms with E-state index in [2.05, 4.69) is 28.7 Å². The van der Waals surface area contributed by atoms with Crippen molar-refractivity contribution >= 4 is 5.91 Å². The molecule has 2 fully saturated rings. The first-order valence-electron chi connectivity index (χ1n) is 9.29. The Hall–Kier alpha value is -0.650. The van der Waals surface area contributed by atoms with Crippen LogP contribution in [0, 0.1) is 5.92 Å². The molecular formula is C18H35N3O2. The third-order valence-corrected chi connectivity index (χ3v) is 5.63. The molecule has 0 spiro atoms. The summed E-state index contributed by atoms with van der Waals surface area (Å²) in [5.41, 5.74) is 0. The van der Waals surface area contributed by atoms with Gasteiger partial charge in [0.25, 0.3) is 0 Å². The van der Waals surface area contributed by atoms with Crippen molar-refractivity contribution in [3.8, 4) is 0 Å². The Labute approximate surface area is 141 Å². The molecule has 0 aliphatic carbocycles. The molecule has 0 unspecified atom stereocenters. The molecule has 0 aromatic heterocycles. The van der Waals surface area contributed by atoms with Crippen LogP contribution in [-0.2, 0) is 9.53 Å². The zero-order chi connectivity index (χ0) is 16.7. The van der Waals surface area contributed by atoms with Gasteiger partial charge in [-0.1, -0.05) is 0 Å². The van der Waals surface area contributed by atoms with Gasteiger partial charge in [-0.3, -0.25) is 9.69 Å². The smallest absolute Gasteiger partial charge is 0.222 e. The highest BCUT2D eigenvalue weighted by Crippen LogP contribution is 2.21. The molecule has 2 aliphatic rings. The number of hydrogen-bond donors (Lipinski definition) is 0. The fourth-order valence-corrected chi connectivity index (χ4v) is 3.69. The van der Waals surface area contributed by atoms with E-state index in [0.29, 0.717) is 18.4 Å². The minimum Gasteiger partial charge on any atom is -0.385 e. The number of carbonyl (C=O) groups is 1. The molecule has 0 N–H and O–H groups in total. The lowest BCUT2D eigenvalue weighted by atomic mass is 9.93. The first-order valence-corrected chi connectivity index (χ1v) is 9.29. The van der Waals surface area contributed by atoms with Crippen molar-refractivity contribution in [2.24, 2.45) is 5.92 Å². The van der Waals surface area contributed by atoms with Gasteiger partial charge in [-0.05, 0) is 45.6 Å². The average Bonchev–Trinajstić information content (AvgIpc) is 2.58. The molecule has 2 saturated heterocycles. The summed E-state index contributed by atoms with van der Waals surface area (Å²) in [5, 5.41) is 0. The van der Waals surface area contributed by atoms with E-state index in [0.717, 1.165) is 77.5 Å². The number of hydrogen-bond acceptors (Lipinski definition) is 4. The number of methoxy groups -OCH3 is 1. The maximum Gasteiger partial charge on any atom is 0.222 e. The topological polar surface area (TPSA) is 36.0 Å². The lowest BCUT2D eigenvalue weighted by Gasteiger charge is -2.37. The monoisotopic (exact) mass is 325 g/mol. The molecule has 0 aromatic carbocycles.